The van der Waals surface area contributed by atoms with Gasteiger partial charge in [-0.05, 0) is 32.2 Å². The quantitative estimate of drug-likeness (QED) is 0.653. The Bertz CT molecular complexity index is 239. The lowest BCUT2D eigenvalue weighted by Gasteiger charge is -2.26. The van der Waals surface area contributed by atoms with E-state index in [2.05, 4.69) is 10.6 Å². The summed E-state index contributed by atoms with van der Waals surface area (Å²) < 4.78 is 0. The minimum atomic E-state index is -0.00584. The Kier molecular flexibility index (Phi) is 4.18. The van der Waals surface area contributed by atoms with Crippen LogP contribution in [0.4, 0.5) is 0 Å². The van der Waals surface area contributed by atoms with Crippen LogP contribution >= 0.6 is 0 Å². The molecule has 4 nitrogen and oxygen atoms in total. The number of carbonyl (C=O) groups is 1. The molecule has 1 saturated heterocycles. The van der Waals surface area contributed by atoms with Gasteiger partial charge < -0.3 is 15.7 Å². The highest BCUT2D eigenvalue weighted by Crippen LogP contribution is 2.25. The molecule has 0 aromatic carbocycles. The molecule has 1 saturated carbocycles. The van der Waals surface area contributed by atoms with Crippen LogP contribution in [0.3, 0.4) is 0 Å². The first-order chi connectivity index (χ1) is 7.81. The van der Waals surface area contributed by atoms with Crippen LogP contribution in [-0.2, 0) is 4.79 Å². The van der Waals surface area contributed by atoms with E-state index in [9.17, 15) is 9.90 Å². The lowest BCUT2D eigenvalue weighted by Crippen LogP contribution is -2.50. The van der Waals surface area contributed by atoms with E-state index >= 15 is 0 Å². The van der Waals surface area contributed by atoms with Crippen LogP contribution in [0.25, 0.3) is 0 Å². The van der Waals surface area contributed by atoms with E-state index in [0.717, 1.165) is 38.6 Å². The monoisotopic (exact) mass is 226 g/mol. The van der Waals surface area contributed by atoms with E-state index in [1.165, 1.54) is 6.42 Å². The predicted octanol–water partition coefficient (Wildman–Crippen LogP) is 0.406. The second-order valence-corrected chi connectivity index (χ2v) is 4.99. The van der Waals surface area contributed by atoms with E-state index in [1.54, 1.807) is 0 Å². The molecule has 2 rings (SSSR count). The molecule has 1 heterocycles. The highest BCUT2D eigenvalue weighted by atomic mass is 16.3. The van der Waals surface area contributed by atoms with Crippen LogP contribution in [0.1, 0.15) is 38.5 Å². The summed E-state index contributed by atoms with van der Waals surface area (Å²) in [6.07, 6.45) is 6.44. The van der Waals surface area contributed by atoms with Crippen molar-refractivity contribution in [1.29, 1.82) is 0 Å². The molecule has 3 atom stereocenters. The van der Waals surface area contributed by atoms with E-state index in [0.29, 0.717) is 0 Å². The number of piperidine rings is 1. The van der Waals surface area contributed by atoms with Gasteiger partial charge in [-0.1, -0.05) is 12.8 Å². The smallest absolute Gasteiger partial charge is 0.237 e. The van der Waals surface area contributed by atoms with Gasteiger partial charge in [0.05, 0.1) is 6.04 Å². The minimum Gasteiger partial charge on any atom is -0.396 e. The summed E-state index contributed by atoms with van der Waals surface area (Å²) in [5, 5.41) is 15.5. The number of aliphatic hydroxyl groups excluding tert-OH is 1. The predicted molar refractivity (Wildman–Crippen MR) is 62.0 cm³/mol. The third-order valence-electron chi connectivity index (χ3n) is 3.85. The molecule has 2 fully saturated rings. The largest absolute Gasteiger partial charge is 0.396 e. The molecule has 3 unspecified atom stereocenters. The van der Waals surface area contributed by atoms with Crippen molar-refractivity contribution in [3.63, 3.8) is 0 Å². The average molecular weight is 226 g/mol. The molecule has 0 aromatic rings. The summed E-state index contributed by atoms with van der Waals surface area (Å²) in [5.41, 5.74) is 0. The van der Waals surface area contributed by atoms with E-state index in [1.807, 2.05) is 0 Å². The Hall–Kier alpha value is -0.610. The Labute approximate surface area is 96.8 Å². The van der Waals surface area contributed by atoms with E-state index in [4.69, 9.17) is 0 Å². The van der Waals surface area contributed by atoms with Crippen molar-refractivity contribution in [2.45, 2.75) is 50.6 Å². The van der Waals surface area contributed by atoms with Crippen molar-refractivity contribution in [2.24, 2.45) is 5.92 Å². The van der Waals surface area contributed by atoms with Gasteiger partial charge in [0.1, 0.15) is 0 Å². The fourth-order valence-corrected chi connectivity index (χ4v) is 2.80. The first-order valence-electron chi connectivity index (χ1n) is 6.46. The highest BCUT2D eigenvalue weighted by Gasteiger charge is 2.30. The van der Waals surface area contributed by atoms with Gasteiger partial charge in [0.15, 0.2) is 0 Å². The lowest BCUT2D eigenvalue weighted by atomic mass is 10.0. The first kappa shape index (κ1) is 11.9. The van der Waals surface area contributed by atoms with Crippen molar-refractivity contribution in [3.05, 3.63) is 0 Å². The molecule has 92 valence electrons. The Morgan fingerprint density at radius 2 is 2.12 bits per heavy atom. The second-order valence-electron chi connectivity index (χ2n) is 4.99. The van der Waals surface area contributed by atoms with Crippen LogP contribution in [0, 0.1) is 5.92 Å². The zero-order valence-corrected chi connectivity index (χ0v) is 9.74. The minimum absolute atomic E-state index is 0.00584. The SMILES string of the molecule is O=C(NC1CCCC1CO)C1CCCCN1. The van der Waals surface area contributed by atoms with Crippen LogP contribution in [0.15, 0.2) is 0 Å². The molecule has 1 aliphatic carbocycles. The molecular formula is C12H22N2O2. The molecule has 4 heteroatoms. The van der Waals surface area contributed by atoms with Gasteiger partial charge in [-0.3, -0.25) is 4.79 Å². The summed E-state index contributed by atoms with van der Waals surface area (Å²) in [4.78, 5) is 12.0. The number of nitrogens with one attached hydrogen (secondary N) is 2. The normalized spacial score (nSPS) is 34.9. The zero-order chi connectivity index (χ0) is 11.4. The topological polar surface area (TPSA) is 61.4 Å². The van der Waals surface area contributed by atoms with Gasteiger partial charge in [0.25, 0.3) is 0 Å². The number of amides is 1. The van der Waals surface area contributed by atoms with Crippen molar-refractivity contribution >= 4 is 5.91 Å². The maximum absolute atomic E-state index is 12.0. The first-order valence-corrected chi connectivity index (χ1v) is 6.46. The average Bonchev–Trinajstić information content (AvgIpc) is 2.77. The molecule has 3 N–H and O–H groups in total. The number of carbonyl (C=O) groups excluding carboxylic acids is 1. The lowest BCUT2D eigenvalue weighted by molar-refractivity contribution is -0.124. The van der Waals surface area contributed by atoms with E-state index in [-0.39, 0.29) is 30.5 Å². The summed E-state index contributed by atoms with van der Waals surface area (Å²) in [6, 6.07) is 0.190. The van der Waals surface area contributed by atoms with Crippen LogP contribution < -0.4 is 10.6 Å². The van der Waals surface area contributed by atoms with Gasteiger partial charge in [-0.15, -0.1) is 0 Å². The number of hydrogen-bond donors (Lipinski definition) is 3. The van der Waals surface area contributed by atoms with Crippen molar-refractivity contribution in [3.8, 4) is 0 Å². The molecule has 0 spiro atoms. The van der Waals surface area contributed by atoms with Crippen LogP contribution in [0.2, 0.25) is 0 Å². The molecule has 1 aliphatic heterocycles. The Morgan fingerprint density at radius 3 is 2.81 bits per heavy atom. The molecular weight excluding hydrogens is 204 g/mol. The summed E-state index contributed by atoms with van der Waals surface area (Å²) in [5.74, 6) is 0.401. The van der Waals surface area contributed by atoms with Gasteiger partial charge in [-0.2, -0.15) is 0 Å². The third kappa shape index (κ3) is 2.74. The van der Waals surface area contributed by atoms with E-state index < -0.39 is 0 Å². The van der Waals surface area contributed by atoms with Crippen molar-refractivity contribution in [2.75, 3.05) is 13.2 Å². The van der Waals surface area contributed by atoms with Gasteiger partial charge in [0.2, 0.25) is 5.91 Å². The Morgan fingerprint density at radius 1 is 1.25 bits per heavy atom. The van der Waals surface area contributed by atoms with Crippen LogP contribution in [0.5, 0.6) is 0 Å². The Balaban J connectivity index is 1.81. The summed E-state index contributed by atoms with van der Waals surface area (Å²) in [7, 11) is 0. The zero-order valence-electron chi connectivity index (χ0n) is 9.74. The van der Waals surface area contributed by atoms with Crippen molar-refractivity contribution in [1.82, 2.24) is 10.6 Å². The standard InChI is InChI=1S/C12H22N2O2/c15-8-9-4-3-6-10(9)14-12(16)11-5-1-2-7-13-11/h9-11,13,15H,1-8H2,(H,14,16). The summed E-state index contributed by atoms with van der Waals surface area (Å²) >= 11 is 0. The fourth-order valence-electron chi connectivity index (χ4n) is 2.80. The van der Waals surface area contributed by atoms with Crippen molar-refractivity contribution < 1.29 is 9.90 Å². The maximum atomic E-state index is 12.0. The molecule has 0 bridgehead atoms. The molecule has 2 aliphatic rings. The fraction of sp³-hybridized carbons (Fsp3) is 0.917. The van der Waals surface area contributed by atoms with Gasteiger partial charge >= 0.3 is 0 Å². The second kappa shape index (κ2) is 5.64. The molecule has 0 radical (unpaired) electrons. The maximum Gasteiger partial charge on any atom is 0.237 e. The third-order valence-corrected chi connectivity index (χ3v) is 3.85. The number of hydrogen-bond acceptors (Lipinski definition) is 3. The highest BCUT2D eigenvalue weighted by molar-refractivity contribution is 5.82. The van der Waals surface area contributed by atoms with Gasteiger partial charge in [-0.25, -0.2) is 0 Å². The molecule has 16 heavy (non-hydrogen) atoms. The summed E-state index contributed by atoms with van der Waals surface area (Å²) in [6.45, 7) is 1.15. The van der Waals surface area contributed by atoms with Crippen LogP contribution in [-0.4, -0.2) is 36.2 Å². The van der Waals surface area contributed by atoms with Gasteiger partial charge in [0, 0.05) is 18.6 Å². The molecule has 0 aromatic heterocycles. The molecule has 1 amide bonds. The number of aliphatic hydroxyl groups is 1. The number of rotatable bonds is 3.